The zero-order valence-electron chi connectivity index (χ0n) is 10.3. The van der Waals surface area contributed by atoms with Crippen molar-refractivity contribution in [1.29, 1.82) is 0 Å². The lowest BCUT2D eigenvalue weighted by atomic mass is 9.95. The lowest BCUT2D eigenvalue weighted by molar-refractivity contribution is 0.113. The van der Waals surface area contributed by atoms with Crippen LogP contribution in [0.15, 0.2) is 0 Å². The maximum atomic E-state index is 2.72. The topological polar surface area (TPSA) is 3.24 Å². The van der Waals surface area contributed by atoms with Crippen molar-refractivity contribution in [2.24, 2.45) is 0 Å². The van der Waals surface area contributed by atoms with Gasteiger partial charge in [0.2, 0.25) is 0 Å². The van der Waals surface area contributed by atoms with Crippen molar-refractivity contribution in [2.75, 3.05) is 13.1 Å². The average molecular weight is 197 g/mol. The van der Waals surface area contributed by atoms with Crippen LogP contribution in [0.3, 0.4) is 0 Å². The normalized spacial score (nSPS) is 20.8. The molecule has 0 amide bonds. The molecule has 1 fully saturated rings. The molecule has 1 saturated heterocycles. The molecule has 1 rings (SSSR count). The number of hydrogen-bond acceptors (Lipinski definition) is 1. The summed E-state index contributed by atoms with van der Waals surface area (Å²) < 4.78 is 0. The first-order valence-corrected chi connectivity index (χ1v) is 6.42. The van der Waals surface area contributed by atoms with E-state index < -0.39 is 0 Å². The van der Waals surface area contributed by atoms with E-state index in [1.165, 1.54) is 58.0 Å². The van der Waals surface area contributed by atoms with Crippen molar-refractivity contribution in [2.45, 2.75) is 71.3 Å². The minimum atomic E-state index is 0.445. The standard InChI is InChI=1S/C13H27N/c1-4-5-10-13(2,3)14-11-8-6-7-9-12-14/h4-12H2,1-3H3. The van der Waals surface area contributed by atoms with E-state index >= 15 is 0 Å². The monoisotopic (exact) mass is 197 g/mol. The van der Waals surface area contributed by atoms with Crippen molar-refractivity contribution in [3.63, 3.8) is 0 Å². The lowest BCUT2D eigenvalue weighted by Crippen LogP contribution is -2.44. The predicted octanol–water partition coefficient (Wildman–Crippen LogP) is 3.83. The van der Waals surface area contributed by atoms with E-state index in [-0.39, 0.29) is 0 Å². The van der Waals surface area contributed by atoms with Gasteiger partial charge in [-0.25, -0.2) is 0 Å². The molecular formula is C13H27N. The molecule has 14 heavy (non-hydrogen) atoms. The summed E-state index contributed by atoms with van der Waals surface area (Å²) in [5.74, 6) is 0. The molecule has 0 aliphatic carbocycles. The van der Waals surface area contributed by atoms with Gasteiger partial charge in [0.1, 0.15) is 0 Å². The van der Waals surface area contributed by atoms with Crippen molar-refractivity contribution in [3.05, 3.63) is 0 Å². The molecule has 0 spiro atoms. The fourth-order valence-corrected chi connectivity index (χ4v) is 2.44. The molecular weight excluding hydrogens is 170 g/mol. The summed E-state index contributed by atoms with van der Waals surface area (Å²) in [5, 5.41) is 0. The highest BCUT2D eigenvalue weighted by atomic mass is 15.2. The molecule has 1 nitrogen and oxygen atoms in total. The Labute approximate surface area is 89.9 Å². The minimum absolute atomic E-state index is 0.445. The SMILES string of the molecule is CCCCC(C)(C)N1CCCCCC1. The molecule has 1 aliphatic heterocycles. The highest BCUT2D eigenvalue weighted by Crippen LogP contribution is 2.24. The van der Waals surface area contributed by atoms with Crippen LogP contribution >= 0.6 is 0 Å². The first-order chi connectivity index (χ1) is 6.67. The summed E-state index contributed by atoms with van der Waals surface area (Å²) in [7, 11) is 0. The predicted molar refractivity (Wildman–Crippen MR) is 63.6 cm³/mol. The third-order valence-electron chi connectivity index (χ3n) is 3.60. The van der Waals surface area contributed by atoms with E-state index in [9.17, 15) is 0 Å². The molecule has 0 bridgehead atoms. The van der Waals surface area contributed by atoms with Crippen molar-refractivity contribution < 1.29 is 0 Å². The summed E-state index contributed by atoms with van der Waals surface area (Å²) in [6.07, 6.45) is 9.79. The molecule has 1 aliphatic rings. The first-order valence-electron chi connectivity index (χ1n) is 6.42. The van der Waals surface area contributed by atoms with Gasteiger partial charge < -0.3 is 0 Å². The van der Waals surface area contributed by atoms with E-state index in [2.05, 4.69) is 25.7 Å². The van der Waals surface area contributed by atoms with Crippen LogP contribution in [0, 0.1) is 0 Å². The Hall–Kier alpha value is -0.0400. The van der Waals surface area contributed by atoms with E-state index in [0.717, 1.165) is 0 Å². The Kier molecular flexibility index (Phi) is 4.94. The summed E-state index contributed by atoms with van der Waals surface area (Å²) in [5.41, 5.74) is 0.445. The van der Waals surface area contributed by atoms with Crippen LogP contribution in [-0.2, 0) is 0 Å². The maximum Gasteiger partial charge on any atom is 0.0153 e. The molecule has 0 aromatic rings. The van der Waals surface area contributed by atoms with Gasteiger partial charge in [-0.15, -0.1) is 0 Å². The Bertz CT molecular complexity index is 143. The van der Waals surface area contributed by atoms with Gasteiger partial charge in [-0.1, -0.05) is 32.6 Å². The molecule has 84 valence electrons. The van der Waals surface area contributed by atoms with Crippen LogP contribution in [0.1, 0.15) is 65.7 Å². The van der Waals surface area contributed by atoms with Gasteiger partial charge in [0.05, 0.1) is 0 Å². The van der Waals surface area contributed by atoms with Crippen LogP contribution < -0.4 is 0 Å². The van der Waals surface area contributed by atoms with Gasteiger partial charge in [-0.3, -0.25) is 4.90 Å². The number of unbranched alkanes of at least 4 members (excludes halogenated alkanes) is 1. The third-order valence-corrected chi connectivity index (χ3v) is 3.60. The Morgan fingerprint density at radius 2 is 1.57 bits per heavy atom. The third kappa shape index (κ3) is 3.61. The first kappa shape index (κ1) is 12.0. The summed E-state index contributed by atoms with van der Waals surface area (Å²) in [6.45, 7) is 9.80. The van der Waals surface area contributed by atoms with E-state index in [4.69, 9.17) is 0 Å². The van der Waals surface area contributed by atoms with Crippen LogP contribution in [0.25, 0.3) is 0 Å². The number of nitrogens with zero attached hydrogens (tertiary/aromatic N) is 1. The lowest BCUT2D eigenvalue weighted by Gasteiger charge is -2.38. The van der Waals surface area contributed by atoms with Gasteiger partial charge in [-0.05, 0) is 46.2 Å². The van der Waals surface area contributed by atoms with Gasteiger partial charge in [-0.2, -0.15) is 0 Å². The molecule has 0 aromatic heterocycles. The zero-order valence-corrected chi connectivity index (χ0v) is 10.3. The molecule has 0 aromatic carbocycles. The van der Waals surface area contributed by atoms with Crippen molar-refractivity contribution in [1.82, 2.24) is 4.90 Å². The Balaban J connectivity index is 2.41. The van der Waals surface area contributed by atoms with Crippen LogP contribution in [0.5, 0.6) is 0 Å². The largest absolute Gasteiger partial charge is 0.298 e. The average Bonchev–Trinajstić information content (AvgIpc) is 2.43. The van der Waals surface area contributed by atoms with E-state index in [1.54, 1.807) is 0 Å². The van der Waals surface area contributed by atoms with Crippen molar-refractivity contribution >= 4 is 0 Å². The fraction of sp³-hybridized carbons (Fsp3) is 1.00. The Morgan fingerprint density at radius 3 is 2.07 bits per heavy atom. The molecule has 0 atom stereocenters. The van der Waals surface area contributed by atoms with Gasteiger partial charge in [0.25, 0.3) is 0 Å². The highest BCUT2D eigenvalue weighted by molar-refractivity contribution is 4.82. The van der Waals surface area contributed by atoms with Crippen LogP contribution in [0.4, 0.5) is 0 Å². The molecule has 0 unspecified atom stereocenters. The van der Waals surface area contributed by atoms with Crippen LogP contribution in [0.2, 0.25) is 0 Å². The maximum absolute atomic E-state index is 2.72. The van der Waals surface area contributed by atoms with Gasteiger partial charge in [0.15, 0.2) is 0 Å². The second kappa shape index (κ2) is 5.75. The van der Waals surface area contributed by atoms with Crippen molar-refractivity contribution in [3.8, 4) is 0 Å². The van der Waals surface area contributed by atoms with Gasteiger partial charge >= 0.3 is 0 Å². The number of likely N-dealkylation sites (tertiary alicyclic amines) is 1. The second-order valence-electron chi connectivity index (χ2n) is 5.32. The fourth-order valence-electron chi connectivity index (χ4n) is 2.44. The minimum Gasteiger partial charge on any atom is -0.298 e. The summed E-state index contributed by atoms with van der Waals surface area (Å²) in [6, 6.07) is 0. The number of rotatable bonds is 4. The van der Waals surface area contributed by atoms with Crippen LogP contribution in [-0.4, -0.2) is 23.5 Å². The summed E-state index contributed by atoms with van der Waals surface area (Å²) in [4.78, 5) is 2.72. The molecule has 0 radical (unpaired) electrons. The second-order valence-corrected chi connectivity index (χ2v) is 5.32. The van der Waals surface area contributed by atoms with E-state index in [1.807, 2.05) is 0 Å². The van der Waals surface area contributed by atoms with E-state index in [0.29, 0.717) is 5.54 Å². The molecule has 0 saturated carbocycles. The summed E-state index contributed by atoms with van der Waals surface area (Å²) >= 11 is 0. The highest BCUT2D eigenvalue weighted by Gasteiger charge is 2.25. The number of hydrogen-bond donors (Lipinski definition) is 0. The Morgan fingerprint density at radius 1 is 1.00 bits per heavy atom. The smallest absolute Gasteiger partial charge is 0.0153 e. The van der Waals surface area contributed by atoms with Gasteiger partial charge in [0, 0.05) is 5.54 Å². The zero-order chi connectivity index (χ0) is 10.4. The molecule has 1 heterocycles. The molecule has 1 heteroatoms. The quantitative estimate of drug-likeness (QED) is 0.662. The molecule has 0 N–H and O–H groups in total.